The molecule has 0 N–H and O–H groups in total. The number of halogens is 1. The van der Waals surface area contributed by atoms with Gasteiger partial charge in [0.15, 0.2) is 5.92 Å². The Bertz CT molecular complexity index is 1110. The number of ether oxygens (including phenoxy) is 2. The van der Waals surface area contributed by atoms with Crippen molar-refractivity contribution >= 4 is 28.9 Å². The first kappa shape index (κ1) is 21.0. The molecule has 1 aromatic heterocycles. The smallest absolute Gasteiger partial charge is 0.321 e. The standard InChI is InChI=1S/C23H24FN3O4/c1-3-31-22(29)19-20(15-9-4-5-10-16(15)24)27-18-12-7-6-11-17(18)25-23(27)26(21(19)28)13-8-14-30-2/h4-7,9-12,19-20H,3,8,13-14H2,1-2H3. The third-order valence-corrected chi connectivity index (χ3v) is 5.44. The second kappa shape index (κ2) is 8.85. The third kappa shape index (κ3) is 3.67. The molecule has 31 heavy (non-hydrogen) atoms. The molecule has 1 aliphatic rings. The number of rotatable bonds is 7. The number of anilines is 1. The number of aromatic nitrogens is 2. The molecular weight excluding hydrogens is 401 g/mol. The highest BCUT2D eigenvalue weighted by atomic mass is 19.1. The van der Waals surface area contributed by atoms with Crippen LogP contribution in [0.2, 0.25) is 0 Å². The molecule has 1 aliphatic heterocycles. The number of para-hydroxylation sites is 2. The molecule has 0 saturated heterocycles. The van der Waals surface area contributed by atoms with Crippen molar-refractivity contribution in [1.82, 2.24) is 9.55 Å². The Hall–Kier alpha value is -3.26. The highest BCUT2D eigenvalue weighted by molar-refractivity contribution is 6.08. The van der Waals surface area contributed by atoms with Gasteiger partial charge in [-0.2, -0.15) is 0 Å². The number of amides is 1. The van der Waals surface area contributed by atoms with Crippen molar-refractivity contribution in [3.8, 4) is 0 Å². The van der Waals surface area contributed by atoms with Crippen LogP contribution in [0.5, 0.6) is 0 Å². The maximum Gasteiger partial charge on any atom is 0.321 e. The van der Waals surface area contributed by atoms with Crippen molar-refractivity contribution in [2.75, 3.05) is 31.8 Å². The lowest BCUT2D eigenvalue weighted by Crippen LogP contribution is -2.50. The first-order chi connectivity index (χ1) is 15.1. The lowest BCUT2D eigenvalue weighted by atomic mass is 9.89. The average Bonchev–Trinajstić information content (AvgIpc) is 3.14. The summed E-state index contributed by atoms with van der Waals surface area (Å²) >= 11 is 0. The summed E-state index contributed by atoms with van der Waals surface area (Å²) in [5.41, 5.74) is 1.62. The molecule has 0 radical (unpaired) electrons. The summed E-state index contributed by atoms with van der Waals surface area (Å²) < 4.78 is 27.1. The van der Waals surface area contributed by atoms with E-state index >= 15 is 0 Å². The molecule has 162 valence electrons. The zero-order valence-corrected chi connectivity index (χ0v) is 17.5. The van der Waals surface area contributed by atoms with E-state index in [1.165, 1.54) is 11.0 Å². The van der Waals surface area contributed by atoms with Gasteiger partial charge in [-0.15, -0.1) is 0 Å². The van der Waals surface area contributed by atoms with E-state index in [-0.39, 0.29) is 12.2 Å². The molecule has 1 amide bonds. The minimum Gasteiger partial charge on any atom is -0.465 e. The van der Waals surface area contributed by atoms with E-state index in [0.29, 0.717) is 36.6 Å². The van der Waals surface area contributed by atoms with Crippen LogP contribution in [-0.4, -0.2) is 48.3 Å². The van der Waals surface area contributed by atoms with Gasteiger partial charge in [0.05, 0.1) is 23.7 Å². The molecule has 2 aromatic carbocycles. The van der Waals surface area contributed by atoms with Gasteiger partial charge in [0, 0.05) is 25.8 Å². The van der Waals surface area contributed by atoms with Crippen LogP contribution in [0.15, 0.2) is 48.5 Å². The molecular formula is C23H24FN3O4. The topological polar surface area (TPSA) is 73.7 Å². The van der Waals surface area contributed by atoms with E-state index in [9.17, 15) is 14.0 Å². The quantitative estimate of drug-likeness (QED) is 0.330. The molecule has 0 bridgehead atoms. The van der Waals surface area contributed by atoms with E-state index in [1.807, 2.05) is 24.3 Å². The number of imidazole rings is 1. The monoisotopic (exact) mass is 425 g/mol. The summed E-state index contributed by atoms with van der Waals surface area (Å²) in [7, 11) is 1.59. The van der Waals surface area contributed by atoms with E-state index in [2.05, 4.69) is 4.98 Å². The SMILES string of the molecule is CCOC(=O)C1C(=O)N(CCCOC)c2nc3ccccc3n2C1c1ccccc1F. The van der Waals surface area contributed by atoms with E-state index < -0.39 is 29.7 Å². The van der Waals surface area contributed by atoms with Crippen LogP contribution >= 0.6 is 0 Å². The number of esters is 1. The number of carbonyl (C=O) groups is 2. The summed E-state index contributed by atoms with van der Waals surface area (Å²) in [5.74, 6) is -2.47. The van der Waals surface area contributed by atoms with Crippen LogP contribution in [0.1, 0.15) is 24.9 Å². The van der Waals surface area contributed by atoms with Crippen LogP contribution in [0.3, 0.4) is 0 Å². The second-order valence-electron chi connectivity index (χ2n) is 7.30. The molecule has 0 spiro atoms. The maximum atomic E-state index is 14.9. The van der Waals surface area contributed by atoms with E-state index in [0.717, 1.165) is 0 Å². The highest BCUT2D eigenvalue weighted by Crippen LogP contribution is 2.41. The number of carbonyl (C=O) groups excluding carboxylic acids is 2. The minimum atomic E-state index is -1.23. The van der Waals surface area contributed by atoms with Crippen molar-refractivity contribution in [3.05, 3.63) is 59.9 Å². The molecule has 0 aliphatic carbocycles. The van der Waals surface area contributed by atoms with Gasteiger partial charge in [-0.1, -0.05) is 30.3 Å². The molecule has 3 aromatic rings. The largest absolute Gasteiger partial charge is 0.465 e. The Labute approximate surface area is 179 Å². The Morgan fingerprint density at radius 2 is 1.90 bits per heavy atom. The molecule has 2 heterocycles. The molecule has 2 atom stereocenters. The minimum absolute atomic E-state index is 0.119. The molecule has 0 fully saturated rings. The Kier molecular flexibility index (Phi) is 5.99. The fourth-order valence-electron chi connectivity index (χ4n) is 4.12. The number of methoxy groups -OCH3 is 1. The van der Waals surface area contributed by atoms with Crippen LogP contribution in [0.4, 0.5) is 10.3 Å². The highest BCUT2D eigenvalue weighted by Gasteiger charge is 2.48. The zero-order valence-electron chi connectivity index (χ0n) is 17.5. The number of hydrogen-bond acceptors (Lipinski definition) is 5. The summed E-state index contributed by atoms with van der Waals surface area (Å²) in [4.78, 5) is 32.7. The Balaban J connectivity index is 1.96. The summed E-state index contributed by atoms with van der Waals surface area (Å²) in [5, 5.41) is 0. The lowest BCUT2D eigenvalue weighted by molar-refractivity contribution is -0.153. The van der Waals surface area contributed by atoms with Gasteiger partial charge >= 0.3 is 5.97 Å². The van der Waals surface area contributed by atoms with Crippen molar-refractivity contribution in [3.63, 3.8) is 0 Å². The van der Waals surface area contributed by atoms with E-state index in [4.69, 9.17) is 9.47 Å². The summed E-state index contributed by atoms with van der Waals surface area (Å²) in [6.07, 6.45) is 0.561. The fraction of sp³-hybridized carbons (Fsp3) is 0.348. The second-order valence-corrected chi connectivity index (χ2v) is 7.30. The first-order valence-corrected chi connectivity index (χ1v) is 10.3. The lowest BCUT2D eigenvalue weighted by Gasteiger charge is -2.38. The van der Waals surface area contributed by atoms with Crippen molar-refractivity contribution in [2.24, 2.45) is 5.92 Å². The maximum absolute atomic E-state index is 14.9. The molecule has 0 saturated carbocycles. The van der Waals surface area contributed by atoms with Gasteiger partial charge in [0.2, 0.25) is 11.9 Å². The molecule has 8 heteroatoms. The average molecular weight is 425 g/mol. The van der Waals surface area contributed by atoms with Crippen molar-refractivity contribution in [1.29, 1.82) is 0 Å². The first-order valence-electron chi connectivity index (χ1n) is 10.3. The summed E-state index contributed by atoms with van der Waals surface area (Å²) in [6.45, 7) is 2.56. The molecule has 7 nitrogen and oxygen atoms in total. The third-order valence-electron chi connectivity index (χ3n) is 5.44. The van der Waals surface area contributed by atoms with E-state index in [1.54, 1.807) is 36.8 Å². The van der Waals surface area contributed by atoms with Crippen LogP contribution < -0.4 is 4.90 Å². The molecule has 2 unspecified atom stereocenters. The number of fused-ring (bicyclic) bond motifs is 3. The van der Waals surface area contributed by atoms with Gasteiger partial charge in [-0.3, -0.25) is 14.5 Å². The van der Waals surface area contributed by atoms with Crippen LogP contribution in [0.25, 0.3) is 11.0 Å². The number of hydrogen-bond donors (Lipinski definition) is 0. The van der Waals surface area contributed by atoms with Gasteiger partial charge in [-0.25, -0.2) is 9.37 Å². The van der Waals surface area contributed by atoms with Crippen LogP contribution in [0, 0.1) is 11.7 Å². The zero-order chi connectivity index (χ0) is 22.0. The van der Waals surface area contributed by atoms with Gasteiger partial charge in [-0.05, 0) is 31.5 Å². The van der Waals surface area contributed by atoms with Gasteiger partial charge in [0.25, 0.3) is 0 Å². The van der Waals surface area contributed by atoms with Crippen molar-refractivity contribution in [2.45, 2.75) is 19.4 Å². The van der Waals surface area contributed by atoms with Gasteiger partial charge < -0.3 is 14.0 Å². The number of nitrogens with zero attached hydrogens (tertiary/aromatic N) is 3. The predicted octanol–water partition coefficient (Wildman–Crippen LogP) is 3.33. The Morgan fingerprint density at radius 1 is 1.16 bits per heavy atom. The van der Waals surface area contributed by atoms with Crippen molar-refractivity contribution < 1.29 is 23.5 Å². The fourth-order valence-corrected chi connectivity index (χ4v) is 4.12. The normalized spacial score (nSPS) is 18.3. The number of benzene rings is 2. The summed E-state index contributed by atoms with van der Waals surface area (Å²) in [6, 6.07) is 12.7. The molecule has 4 rings (SSSR count). The van der Waals surface area contributed by atoms with Gasteiger partial charge in [0.1, 0.15) is 5.82 Å². The Morgan fingerprint density at radius 3 is 2.65 bits per heavy atom. The van der Waals surface area contributed by atoms with Crippen LogP contribution in [-0.2, 0) is 19.1 Å². The predicted molar refractivity (Wildman–Crippen MR) is 113 cm³/mol.